The largest absolute Gasteiger partial charge is 0.378 e. The normalized spacial score (nSPS) is 12.2. The molecule has 0 bridgehead atoms. The number of aryl methyl sites for hydroxylation is 1. The third-order valence-electron chi connectivity index (χ3n) is 2.93. The van der Waals surface area contributed by atoms with Gasteiger partial charge in [-0.05, 0) is 71.8 Å². The lowest BCUT2D eigenvalue weighted by Gasteiger charge is -2.16. The van der Waals surface area contributed by atoms with E-state index in [1.807, 2.05) is 19.1 Å². The quantitative estimate of drug-likeness (QED) is 0.710. The van der Waals surface area contributed by atoms with Gasteiger partial charge in [-0.25, -0.2) is 0 Å². The Morgan fingerprint density at radius 2 is 1.78 bits per heavy atom. The van der Waals surface area contributed by atoms with Gasteiger partial charge in [-0.1, -0.05) is 29.8 Å². The van der Waals surface area contributed by atoms with Crippen LogP contribution in [0.25, 0.3) is 0 Å². The number of rotatable bonds is 3. The van der Waals surface area contributed by atoms with E-state index < -0.39 is 0 Å². The van der Waals surface area contributed by atoms with Gasteiger partial charge in [0.25, 0.3) is 0 Å². The molecule has 0 saturated carbocycles. The van der Waals surface area contributed by atoms with E-state index in [0.717, 1.165) is 16.3 Å². The van der Waals surface area contributed by atoms with Gasteiger partial charge in [0, 0.05) is 20.3 Å². The van der Waals surface area contributed by atoms with Crippen LogP contribution in [-0.4, -0.2) is 0 Å². The van der Waals surface area contributed by atoms with Gasteiger partial charge in [-0.15, -0.1) is 0 Å². The van der Waals surface area contributed by atoms with E-state index in [-0.39, 0.29) is 6.04 Å². The minimum Gasteiger partial charge on any atom is -0.378 e. The van der Waals surface area contributed by atoms with Gasteiger partial charge < -0.3 is 5.32 Å². The molecule has 1 unspecified atom stereocenters. The van der Waals surface area contributed by atoms with Crippen LogP contribution < -0.4 is 5.32 Å². The number of hydrogen-bond acceptors (Lipinski definition) is 1. The van der Waals surface area contributed by atoms with Crippen LogP contribution in [-0.2, 0) is 0 Å². The Bertz CT molecular complexity index is 537. The molecule has 1 N–H and O–H groups in total. The molecule has 0 aliphatic carbocycles. The maximum atomic E-state index is 6.12. The minimum atomic E-state index is 0.265. The zero-order chi connectivity index (χ0) is 13.1. The van der Waals surface area contributed by atoms with Crippen molar-refractivity contribution in [3.8, 4) is 0 Å². The van der Waals surface area contributed by atoms with E-state index in [9.17, 15) is 0 Å². The summed E-state index contributed by atoms with van der Waals surface area (Å²) < 4.78 is 1.25. The zero-order valence-electron chi connectivity index (χ0n) is 10.4. The fourth-order valence-corrected chi connectivity index (χ4v) is 2.31. The molecular formula is C15H15ClIN. The smallest absolute Gasteiger partial charge is 0.0485 e. The van der Waals surface area contributed by atoms with Crippen LogP contribution in [0.4, 0.5) is 5.69 Å². The van der Waals surface area contributed by atoms with Crippen LogP contribution in [0.5, 0.6) is 0 Å². The highest BCUT2D eigenvalue weighted by molar-refractivity contribution is 14.1. The van der Waals surface area contributed by atoms with Gasteiger partial charge in [0.15, 0.2) is 0 Å². The molecule has 1 atom stereocenters. The number of hydrogen-bond donors (Lipinski definition) is 1. The van der Waals surface area contributed by atoms with Crippen molar-refractivity contribution in [2.45, 2.75) is 19.9 Å². The van der Waals surface area contributed by atoms with Gasteiger partial charge in [-0.3, -0.25) is 0 Å². The van der Waals surface area contributed by atoms with E-state index in [4.69, 9.17) is 11.6 Å². The molecule has 2 rings (SSSR count). The third kappa shape index (κ3) is 3.39. The van der Waals surface area contributed by atoms with Crippen LogP contribution in [0.15, 0.2) is 42.5 Å². The van der Waals surface area contributed by atoms with Crippen molar-refractivity contribution in [2.24, 2.45) is 0 Å². The van der Waals surface area contributed by atoms with Gasteiger partial charge >= 0.3 is 0 Å². The summed E-state index contributed by atoms with van der Waals surface area (Å²) in [5, 5.41) is 4.26. The molecule has 0 aliphatic heterocycles. The van der Waals surface area contributed by atoms with Gasteiger partial charge in [0.1, 0.15) is 0 Å². The first kappa shape index (κ1) is 13.7. The minimum absolute atomic E-state index is 0.265. The Morgan fingerprint density at radius 1 is 1.11 bits per heavy atom. The average molecular weight is 372 g/mol. The SMILES string of the molecule is Cc1ccc(NC(C)c2ccc(I)cc2)cc1Cl. The lowest BCUT2D eigenvalue weighted by atomic mass is 10.1. The Morgan fingerprint density at radius 3 is 2.39 bits per heavy atom. The summed E-state index contributed by atoms with van der Waals surface area (Å²) in [6, 6.07) is 14.9. The van der Waals surface area contributed by atoms with Crippen LogP contribution in [0.3, 0.4) is 0 Å². The number of anilines is 1. The van der Waals surface area contributed by atoms with Crippen LogP contribution >= 0.6 is 34.2 Å². The molecule has 3 heteroatoms. The molecule has 0 heterocycles. The zero-order valence-corrected chi connectivity index (χ0v) is 13.3. The van der Waals surface area contributed by atoms with E-state index in [1.165, 1.54) is 9.13 Å². The van der Waals surface area contributed by atoms with E-state index in [2.05, 4.69) is 65.2 Å². The topological polar surface area (TPSA) is 12.0 Å². The van der Waals surface area contributed by atoms with Crippen molar-refractivity contribution in [3.05, 3.63) is 62.2 Å². The summed E-state index contributed by atoms with van der Waals surface area (Å²) in [7, 11) is 0. The fraction of sp³-hybridized carbons (Fsp3) is 0.200. The standard InChI is InChI=1S/C15H15ClIN/c1-10-3-8-14(9-15(10)16)18-11(2)12-4-6-13(17)7-5-12/h3-9,11,18H,1-2H3. The average Bonchev–Trinajstić information content (AvgIpc) is 2.34. The molecule has 0 aromatic heterocycles. The van der Waals surface area contributed by atoms with Crippen molar-refractivity contribution in [1.29, 1.82) is 0 Å². The summed E-state index contributed by atoms with van der Waals surface area (Å²) >= 11 is 8.44. The number of halogens is 2. The Balaban J connectivity index is 2.13. The van der Waals surface area contributed by atoms with Gasteiger partial charge in [0.05, 0.1) is 0 Å². The van der Waals surface area contributed by atoms with Gasteiger partial charge in [-0.2, -0.15) is 0 Å². The lowest BCUT2D eigenvalue weighted by Crippen LogP contribution is -2.06. The maximum absolute atomic E-state index is 6.12. The second-order valence-electron chi connectivity index (χ2n) is 4.38. The van der Waals surface area contributed by atoms with E-state index in [1.54, 1.807) is 0 Å². The Hall–Kier alpha value is -0.740. The van der Waals surface area contributed by atoms with Crippen molar-refractivity contribution in [1.82, 2.24) is 0 Å². The summed E-state index contributed by atoms with van der Waals surface area (Å²) in [5.74, 6) is 0. The molecule has 0 aliphatic rings. The molecule has 0 amide bonds. The lowest BCUT2D eigenvalue weighted by molar-refractivity contribution is 0.884. The summed E-state index contributed by atoms with van der Waals surface area (Å²) in [4.78, 5) is 0. The van der Waals surface area contributed by atoms with Crippen LogP contribution in [0.1, 0.15) is 24.1 Å². The third-order valence-corrected chi connectivity index (χ3v) is 4.05. The predicted molar refractivity (Wildman–Crippen MR) is 87.4 cm³/mol. The molecule has 0 saturated heterocycles. The van der Waals surface area contributed by atoms with E-state index >= 15 is 0 Å². The first-order chi connectivity index (χ1) is 8.56. The monoisotopic (exact) mass is 371 g/mol. The molecule has 0 spiro atoms. The first-order valence-electron chi connectivity index (χ1n) is 5.84. The van der Waals surface area contributed by atoms with Crippen molar-refractivity contribution in [3.63, 3.8) is 0 Å². The summed E-state index contributed by atoms with van der Waals surface area (Å²) in [6.07, 6.45) is 0. The van der Waals surface area contributed by atoms with Crippen molar-refractivity contribution < 1.29 is 0 Å². The van der Waals surface area contributed by atoms with Crippen molar-refractivity contribution in [2.75, 3.05) is 5.32 Å². The fourth-order valence-electron chi connectivity index (χ4n) is 1.77. The number of nitrogens with one attached hydrogen (secondary N) is 1. The van der Waals surface area contributed by atoms with E-state index in [0.29, 0.717) is 0 Å². The maximum Gasteiger partial charge on any atom is 0.0485 e. The molecular weight excluding hydrogens is 357 g/mol. The first-order valence-corrected chi connectivity index (χ1v) is 7.30. The van der Waals surface area contributed by atoms with Gasteiger partial charge in [0.2, 0.25) is 0 Å². The summed E-state index contributed by atoms with van der Waals surface area (Å²) in [5.41, 5.74) is 3.42. The molecule has 0 radical (unpaired) electrons. The molecule has 2 aromatic carbocycles. The summed E-state index contributed by atoms with van der Waals surface area (Å²) in [6.45, 7) is 4.16. The Kier molecular flexibility index (Phi) is 4.51. The second-order valence-corrected chi connectivity index (χ2v) is 6.03. The van der Waals surface area contributed by atoms with Crippen molar-refractivity contribution >= 4 is 39.9 Å². The molecule has 2 aromatic rings. The second kappa shape index (κ2) is 5.93. The molecule has 18 heavy (non-hydrogen) atoms. The van der Waals surface area contributed by atoms with Crippen LogP contribution in [0, 0.1) is 10.5 Å². The van der Waals surface area contributed by atoms with Crippen LogP contribution in [0.2, 0.25) is 5.02 Å². The predicted octanol–water partition coefficient (Wildman–Crippen LogP) is 5.43. The highest BCUT2D eigenvalue weighted by Gasteiger charge is 2.06. The molecule has 1 nitrogen and oxygen atoms in total. The Labute approximate surface area is 127 Å². The number of benzene rings is 2. The highest BCUT2D eigenvalue weighted by atomic mass is 127. The molecule has 94 valence electrons. The highest BCUT2D eigenvalue weighted by Crippen LogP contribution is 2.24. The molecule has 0 fully saturated rings.